The first kappa shape index (κ1) is 18.1. The van der Waals surface area contributed by atoms with Crippen LogP contribution in [-0.2, 0) is 11.3 Å². The smallest absolute Gasteiger partial charge is 0.239 e. The van der Waals surface area contributed by atoms with Gasteiger partial charge in [-0.05, 0) is 51.6 Å². The molecular weight excluding hydrogens is 312 g/mol. The maximum absolute atomic E-state index is 12.8. The van der Waals surface area contributed by atoms with Crippen molar-refractivity contribution in [1.82, 2.24) is 9.80 Å². The van der Waals surface area contributed by atoms with E-state index in [2.05, 4.69) is 4.90 Å². The lowest BCUT2D eigenvalue weighted by Gasteiger charge is -2.29. The van der Waals surface area contributed by atoms with Crippen LogP contribution in [0.1, 0.15) is 38.2 Å². The van der Waals surface area contributed by atoms with E-state index in [-0.39, 0.29) is 11.9 Å². The van der Waals surface area contributed by atoms with E-state index in [4.69, 9.17) is 16.3 Å². The van der Waals surface area contributed by atoms with Crippen molar-refractivity contribution in [2.45, 2.75) is 45.2 Å². The molecule has 1 atom stereocenters. The monoisotopic (exact) mass is 338 g/mol. The minimum Gasteiger partial charge on any atom is -0.494 e. The number of likely N-dealkylation sites (tertiary alicyclic amines) is 1. The maximum atomic E-state index is 12.8. The second kappa shape index (κ2) is 8.55. The molecule has 1 fully saturated rings. The maximum Gasteiger partial charge on any atom is 0.239 e. The Morgan fingerprint density at radius 3 is 2.91 bits per heavy atom. The molecule has 1 saturated heterocycles. The summed E-state index contributed by atoms with van der Waals surface area (Å²) in [7, 11) is 3.91. The number of amides is 1. The van der Waals surface area contributed by atoms with Crippen LogP contribution in [0.25, 0.3) is 0 Å². The van der Waals surface area contributed by atoms with Gasteiger partial charge in [-0.3, -0.25) is 9.69 Å². The number of rotatable bonds is 5. The normalized spacial score (nSPS) is 19.2. The third kappa shape index (κ3) is 4.85. The highest BCUT2D eigenvalue weighted by Crippen LogP contribution is 2.25. The van der Waals surface area contributed by atoms with E-state index in [1.54, 1.807) is 4.90 Å². The van der Waals surface area contributed by atoms with Gasteiger partial charge in [-0.25, -0.2) is 0 Å². The van der Waals surface area contributed by atoms with Crippen LogP contribution >= 0.6 is 11.6 Å². The molecule has 2 rings (SSSR count). The van der Waals surface area contributed by atoms with Crippen LogP contribution in [0.4, 0.5) is 0 Å². The van der Waals surface area contributed by atoms with Gasteiger partial charge in [0.2, 0.25) is 5.91 Å². The molecule has 1 heterocycles. The van der Waals surface area contributed by atoms with Crippen LogP contribution in [0, 0.1) is 0 Å². The van der Waals surface area contributed by atoms with Crippen molar-refractivity contribution in [2.75, 3.05) is 27.2 Å². The number of benzene rings is 1. The van der Waals surface area contributed by atoms with E-state index < -0.39 is 0 Å². The molecule has 1 aliphatic rings. The lowest BCUT2D eigenvalue weighted by molar-refractivity contribution is -0.135. The number of hydrogen-bond donors (Lipinski definition) is 0. The fourth-order valence-corrected chi connectivity index (χ4v) is 3.31. The van der Waals surface area contributed by atoms with Crippen molar-refractivity contribution in [2.24, 2.45) is 0 Å². The summed E-state index contributed by atoms with van der Waals surface area (Å²) in [4.78, 5) is 16.8. The van der Waals surface area contributed by atoms with Gasteiger partial charge in [0.05, 0.1) is 12.6 Å². The first-order valence-corrected chi connectivity index (χ1v) is 8.77. The number of nitrogens with zero attached hydrogens (tertiary/aromatic N) is 2. The molecule has 0 aromatic heterocycles. The van der Waals surface area contributed by atoms with Crippen molar-refractivity contribution in [3.05, 3.63) is 28.8 Å². The van der Waals surface area contributed by atoms with Gasteiger partial charge in [0.15, 0.2) is 0 Å². The van der Waals surface area contributed by atoms with E-state index in [0.29, 0.717) is 18.2 Å². The van der Waals surface area contributed by atoms with Crippen molar-refractivity contribution < 1.29 is 9.53 Å². The van der Waals surface area contributed by atoms with E-state index in [1.165, 1.54) is 12.8 Å². The van der Waals surface area contributed by atoms with Crippen molar-refractivity contribution in [3.8, 4) is 5.75 Å². The first-order valence-electron chi connectivity index (χ1n) is 8.39. The summed E-state index contributed by atoms with van der Waals surface area (Å²) < 4.78 is 5.65. The molecule has 1 unspecified atom stereocenters. The second-order valence-electron chi connectivity index (χ2n) is 6.23. The Morgan fingerprint density at radius 2 is 2.17 bits per heavy atom. The number of likely N-dealkylation sites (N-methyl/N-ethyl adjacent to an activating group) is 2. The summed E-state index contributed by atoms with van der Waals surface area (Å²) in [6.07, 6.45) is 4.44. The number of carbonyl (C=O) groups excluding carboxylic acids is 1. The second-order valence-corrected chi connectivity index (χ2v) is 6.66. The molecule has 0 saturated carbocycles. The molecule has 0 aliphatic carbocycles. The van der Waals surface area contributed by atoms with Gasteiger partial charge in [0, 0.05) is 24.2 Å². The molecule has 1 aromatic rings. The number of carbonyl (C=O) groups is 1. The van der Waals surface area contributed by atoms with Crippen LogP contribution in [0.5, 0.6) is 5.75 Å². The van der Waals surface area contributed by atoms with Crippen LogP contribution in [0.3, 0.4) is 0 Å². The zero-order valence-electron chi connectivity index (χ0n) is 14.3. The molecule has 1 amide bonds. The van der Waals surface area contributed by atoms with Crippen LogP contribution < -0.4 is 4.74 Å². The van der Waals surface area contributed by atoms with E-state index in [1.807, 2.05) is 39.2 Å². The molecule has 5 heteroatoms. The predicted molar refractivity (Wildman–Crippen MR) is 94.0 cm³/mol. The highest BCUT2D eigenvalue weighted by atomic mass is 35.5. The molecule has 0 radical (unpaired) electrons. The molecule has 23 heavy (non-hydrogen) atoms. The molecule has 0 bridgehead atoms. The van der Waals surface area contributed by atoms with E-state index in [9.17, 15) is 4.79 Å². The molecule has 1 aromatic carbocycles. The average Bonchev–Trinajstić information content (AvgIpc) is 2.74. The standard InChI is InChI=1S/C18H27ClN2O2/c1-4-23-17-10-9-15(19)12-14(17)13-21(3)18(22)16-8-6-5-7-11-20(16)2/h9-10,12,16H,4-8,11,13H2,1-3H3. The number of halogens is 1. The van der Waals surface area contributed by atoms with Gasteiger partial charge in [-0.15, -0.1) is 0 Å². The summed E-state index contributed by atoms with van der Waals surface area (Å²) in [6.45, 7) is 4.05. The zero-order valence-corrected chi connectivity index (χ0v) is 15.1. The Labute approximate surface area is 144 Å². The predicted octanol–water partition coefficient (Wildman–Crippen LogP) is 3.57. The van der Waals surface area contributed by atoms with Gasteiger partial charge in [-0.2, -0.15) is 0 Å². The van der Waals surface area contributed by atoms with Gasteiger partial charge in [-0.1, -0.05) is 24.4 Å². The highest BCUT2D eigenvalue weighted by molar-refractivity contribution is 6.30. The minimum absolute atomic E-state index is 0.0165. The summed E-state index contributed by atoms with van der Waals surface area (Å²) in [5.41, 5.74) is 0.950. The Kier molecular flexibility index (Phi) is 6.72. The van der Waals surface area contributed by atoms with Gasteiger partial charge in [0.25, 0.3) is 0 Å². The summed E-state index contributed by atoms with van der Waals surface area (Å²) >= 11 is 6.11. The fourth-order valence-electron chi connectivity index (χ4n) is 3.12. The lowest BCUT2D eigenvalue weighted by Crippen LogP contribution is -2.45. The largest absolute Gasteiger partial charge is 0.494 e. The number of hydrogen-bond acceptors (Lipinski definition) is 3. The highest BCUT2D eigenvalue weighted by Gasteiger charge is 2.27. The Hall–Kier alpha value is -1.26. The van der Waals surface area contributed by atoms with Crippen LogP contribution in [0.15, 0.2) is 18.2 Å². The zero-order chi connectivity index (χ0) is 16.8. The average molecular weight is 339 g/mol. The SMILES string of the molecule is CCOc1ccc(Cl)cc1CN(C)C(=O)C1CCCCCN1C. The topological polar surface area (TPSA) is 32.8 Å². The van der Waals surface area contributed by atoms with Crippen molar-refractivity contribution >= 4 is 17.5 Å². The molecule has 4 nitrogen and oxygen atoms in total. The minimum atomic E-state index is -0.0165. The molecular formula is C18H27ClN2O2. The molecule has 0 spiro atoms. The quantitative estimate of drug-likeness (QED) is 0.822. The Balaban J connectivity index is 2.09. The van der Waals surface area contributed by atoms with Crippen molar-refractivity contribution in [1.29, 1.82) is 0 Å². The third-order valence-corrected chi connectivity index (χ3v) is 4.65. The van der Waals surface area contributed by atoms with E-state index >= 15 is 0 Å². The van der Waals surface area contributed by atoms with Gasteiger partial charge < -0.3 is 9.64 Å². The first-order chi connectivity index (χ1) is 11.0. The van der Waals surface area contributed by atoms with Crippen LogP contribution in [-0.4, -0.2) is 49.0 Å². The molecule has 1 aliphatic heterocycles. The van der Waals surface area contributed by atoms with Crippen molar-refractivity contribution in [3.63, 3.8) is 0 Å². The number of ether oxygens (including phenoxy) is 1. The fraction of sp³-hybridized carbons (Fsp3) is 0.611. The summed E-state index contributed by atoms with van der Waals surface area (Å²) in [5.74, 6) is 0.975. The summed E-state index contributed by atoms with van der Waals surface area (Å²) in [5, 5.41) is 0.663. The van der Waals surface area contributed by atoms with Gasteiger partial charge in [0.1, 0.15) is 5.75 Å². The Morgan fingerprint density at radius 1 is 1.39 bits per heavy atom. The molecule has 0 N–H and O–H groups in total. The van der Waals surface area contributed by atoms with Crippen LogP contribution in [0.2, 0.25) is 5.02 Å². The molecule has 128 valence electrons. The third-order valence-electron chi connectivity index (χ3n) is 4.41. The lowest BCUT2D eigenvalue weighted by atomic mass is 10.1. The summed E-state index contributed by atoms with van der Waals surface area (Å²) in [6, 6.07) is 5.55. The van der Waals surface area contributed by atoms with E-state index in [0.717, 1.165) is 30.7 Å². The Bertz CT molecular complexity index is 536. The van der Waals surface area contributed by atoms with Gasteiger partial charge >= 0.3 is 0 Å².